The van der Waals surface area contributed by atoms with Crippen LogP contribution in [-0.4, -0.2) is 58.8 Å². The Morgan fingerprint density at radius 3 is 2.24 bits per heavy atom. The normalized spacial score (nSPS) is 14.7. The van der Waals surface area contributed by atoms with Gasteiger partial charge in [0, 0.05) is 48.7 Å². The van der Waals surface area contributed by atoms with Gasteiger partial charge in [0.2, 0.25) is 0 Å². The Labute approximate surface area is 201 Å². The quantitative estimate of drug-likeness (QED) is 0.590. The molecule has 0 N–H and O–H groups in total. The van der Waals surface area contributed by atoms with Crippen LogP contribution in [0.4, 0.5) is 10.5 Å². The fourth-order valence-corrected chi connectivity index (χ4v) is 4.35. The predicted molar refractivity (Wildman–Crippen MR) is 135 cm³/mol. The zero-order valence-electron chi connectivity index (χ0n) is 20.8. The monoisotopic (exact) mass is 472 g/mol. The van der Waals surface area contributed by atoms with Crippen LogP contribution in [0.25, 0.3) is 11.3 Å². The first kappa shape index (κ1) is 25.1. The van der Waals surface area contributed by atoms with Crippen LogP contribution in [0.3, 0.4) is 0 Å². The van der Waals surface area contributed by atoms with Crippen molar-refractivity contribution in [2.75, 3.05) is 37.3 Å². The fraction of sp³-hybridized carbons (Fsp3) is 0.560. The minimum Gasteiger partial charge on any atom is -0.444 e. The van der Waals surface area contributed by atoms with E-state index in [4.69, 9.17) is 9.84 Å². The third-order valence-corrected chi connectivity index (χ3v) is 6.26. The van der Waals surface area contributed by atoms with E-state index in [0.717, 1.165) is 16.8 Å². The summed E-state index contributed by atoms with van der Waals surface area (Å²) in [6.07, 6.45) is 1.75. The van der Waals surface area contributed by atoms with E-state index in [0.29, 0.717) is 44.3 Å². The largest absolute Gasteiger partial charge is 0.444 e. The topological polar surface area (TPSA) is 67.7 Å². The van der Waals surface area contributed by atoms with Gasteiger partial charge in [0.05, 0.1) is 5.69 Å². The second-order valence-corrected chi connectivity index (χ2v) is 10.8. The number of thioether (sulfide) groups is 1. The number of amides is 1. The maximum Gasteiger partial charge on any atom is 0.410 e. The van der Waals surface area contributed by atoms with Crippen LogP contribution < -0.4 is 10.5 Å². The number of carbonyl (C=O) groups is 1. The van der Waals surface area contributed by atoms with E-state index in [1.54, 1.807) is 21.3 Å². The van der Waals surface area contributed by atoms with E-state index in [9.17, 15) is 9.59 Å². The molecule has 1 saturated heterocycles. The van der Waals surface area contributed by atoms with Crippen molar-refractivity contribution in [3.05, 3.63) is 40.2 Å². The lowest BCUT2D eigenvalue weighted by Gasteiger charge is -2.37. The molecule has 7 nitrogen and oxygen atoms in total. The van der Waals surface area contributed by atoms with Crippen LogP contribution in [-0.2, 0) is 11.3 Å². The molecule has 2 aromatic rings. The van der Waals surface area contributed by atoms with Gasteiger partial charge in [0.15, 0.2) is 0 Å². The summed E-state index contributed by atoms with van der Waals surface area (Å²) in [5, 5.41) is 4.76. The highest BCUT2D eigenvalue weighted by molar-refractivity contribution is 7.98. The first-order valence-electron chi connectivity index (χ1n) is 11.5. The lowest BCUT2D eigenvalue weighted by atomic mass is 10.1. The van der Waals surface area contributed by atoms with Crippen LogP contribution in [0, 0.1) is 12.8 Å². The Balaban J connectivity index is 1.94. The molecule has 0 spiro atoms. The van der Waals surface area contributed by atoms with E-state index in [2.05, 4.69) is 49.3 Å². The van der Waals surface area contributed by atoms with Gasteiger partial charge in [-0.05, 0) is 52.0 Å². The number of ether oxygens (including phenoxy) is 1. The van der Waals surface area contributed by atoms with Crippen LogP contribution in [0.2, 0.25) is 0 Å². The number of aromatic nitrogens is 2. The summed E-state index contributed by atoms with van der Waals surface area (Å²) in [5.74, 6) is 0.293. The summed E-state index contributed by atoms with van der Waals surface area (Å²) in [5.41, 5.74) is 2.78. The highest BCUT2D eigenvalue weighted by atomic mass is 32.2. The van der Waals surface area contributed by atoms with Crippen molar-refractivity contribution in [3.63, 3.8) is 0 Å². The van der Waals surface area contributed by atoms with Crippen LogP contribution >= 0.6 is 11.8 Å². The van der Waals surface area contributed by atoms with E-state index in [1.807, 2.05) is 27.7 Å². The number of piperazine rings is 1. The molecule has 180 valence electrons. The molecule has 1 aliphatic heterocycles. The van der Waals surface area contributed by atoms with Gasteiger partial charge in [-0.2, -0.15) is 5.10 Å². The molecule has 0 unspecified atom stereocenters. The van der Waals surface area contributed by atoms with Gasteiger partial charge in [0.25, 0.3) is 5.56 Å². The molecule has 1 fully saturated rings. The van der Waals surface area contributed by atoms with E-state index in [1.165, 1.54) is 4.90 Å². The maximum absolute atomic E-state index is 13.5. The number of hydrogen-bond acceptors (Lipinski definition) is 6. The Bertz CT molecular complexity index is 1030. The first-order valence-corrected chi connectivity index (χ1v) is 12.7. The Kier molecular flexibility index (Phi) is 7.77. The number of rotatable bonds is 5. The molecule has 1 aromatic carbocycles. The molecule has 1 aliphatic rings. The van der Waals surface area contributed by atoms with Crippen LogP contribution in [0.15, 0.2) is 34.0 Å². The van der Waals surface area contributed by atoms with Crippen LogP contribution in [0.5, 0.6) is 0 Å². The summed E-state index contributed by atoms with van der Waals surface area (Å²) in [4.78, 5) is 30.9. The van der Waals surface area contributed by atoms with E-state index in [-0.39, 0.29) is 11.7 Å². The Hall–Kier alpha value is -2.48. The molecule has 0 radical (unpaired) electrons. The van der Waals surface area contributed by atoms with Crippen molar-refractivity contribution in [2.45, 2.75) is 58.6 Å². The minimum atomic E-state index is -0.527. The van der Waals surface area contributed by atoms with Gasteiger partial charge < -0.3 is 14.5 Å². The predicted octanol–water partition coefficient (Wildman–Crippen LogP) is 4.65. The highest BCUT2D eigenvalue weighted by Gasteiger charge is 2.29. The van der Waals surface area contributed by atoms with Gasteiger partial charge in [-0.15, -0.1) is 11.8 Å². The molecule has 3 rings (SSSR count). The molecule has 0 aliphatic carbocycles. The summed E-state index contributed by atoms with van der Waals surface area (Å²) < 4.78 is 7.12. The average molecular weight is 473 g/mol. The molecule has 0 bridgehead atoms. The van der Waals surface area contributed by atoms with Crippen molar-refractivity contribution >= 4 is 23.5 Å². The lowest BCUT2D eigenvalue weighted by molar-refractivity contribution is 0.0240. The third-order valence-electron chi connectivity index (χ3n) is 5.52. The number of hydrogen-bond donors (Lipinski definition) is 0. The van der Waals surface area contributed by atoms with Crippen molar-refractivity contribution < 1.29 is 9.53 Å². The molecular formula is C25H36N4O3S. The molecule has 8 heteroatoms. The van der Waals surface area contributed by atoms with Gasteiger partial charge in [-0.25, -0.2) is 9.48 Å². The molecule has 2 heterocycles. The standard InChI is InChI=1S/C25H36N4O3S/c1-17(2)16-29-23(30)22(18(3)21(26-29)19-8-10-20(33-7)11-9-19)27-12-14-28(15-13-27)24(31)32-25(4,5)6/h8-11,17H,12-16H2,1-7H3. The van der Waals surface area contributed by atoms with Gasteiger partial charge in [0.1, 0.15) is 11.3 Å². The molecule has 33 heavy (non-hydrogen) atoms. The smallest absolute Gasteiger partial charge is 0.410 e. The zero-order chi connectivity index (χ0) is 24.3. The van der Waals surface area contributed by atoms with Crippen molar-refractivity contribution in [1.29, 1.82) is 0 Å². The number of anilines is 1. The molecular weight excluding hydrogens is 436 g/mol. The Morgan fingerprint density at radius 1 is 1.12 bits per heavy atom. The van der Waals surface area contributed by atoms with Gasteiger partial charge in [-0.3, -0.25) is 4.79 Å². The van der Waals surface area contributed by atoms with Crippen molar-refractivity contribution in [2.24, 2.45) is 5.92 Å². The van der Waals surface area contributed by atoms with E-state index < -0.39 is 5.60 Å². The summed E-state index contributed by atoms with van der Waals surface area (Å²) in [6, 6.07) is 8.29. The SMILES string of the molecule is CSc1ccc(-c2nn(CC(C)C)c(=O)c(N3CCN(C(=O)OC(C)(C)C)CC3)c2C)cc1. The van der Waals surface area contributed by atoms with E-state index >= 15 is 0 Å². The fourth-order valence-electron chi connectivity index (χ4n) is 3.94. The molecule has 0 saturated carbocycles. The van der Waals surface area contributed by atoms with Gasteiger partial charge in [-0.1, -0.05) is 26.0 Å². The maximum atomic E-state index is 13.5. The second-order valence-electron chi connectivity index (χ2n) is 9.89. The molecule has 1 amide bonds. The lowest BCUT2D eigenvalue weighted by Crippen LogP contribution is -2.51. The summed E-state index contributed by atoms with van der Waals surface area (Å²) in [6.45, 7) is 14.5. The summed E-state index contributed by atoms with van der Waals surface area (Å²) in [7, 11) is 0. The second kappa shape index (κ2) is 10.2. The average Bonchev–Trinajstić information content (AvgIpc) is 2.75. The number of benzene rings is 1. The number of carbonyl (C=O) groups excluding carboxylic acids is 1. The zero-order valence-corrected chi connectivity index (χ0v) is 21.7. The van der Waals surface area contributed by atoms with Gasteiger partial charge >= 0.3 is 6.09 Å². The summed E-state index contributed by atoms with van der Waals surface area (Å²) >= 11 is 1.70. The number of nitrogens with zero attached hydrogens (tertiary/aromatic N) is 4. The van der Waals surface area contributed by atoms with Crippen LogP contribution in [0.1, 0.15) is 40.2 Å². The highest BCUT2D eigenvalue weighted by Crippen LogP contribution is 2.29. The molecule has 1 aromatic heterocycles. The molecule has 0 atom stereocenters. The first-order chi connectivity index (χ1) is 15.5. The van der Waals surface area contributed by atoms with Crippen molar-refractivity contribution in [3.8, 4) is 11.3 Å². The Morgan fingerprint density at radius 2 is 1.73 bits per heavy atom. The van der Waals surface area contributed by atoms with Crippen molar-refractivity contribution in [1.82, 2.24) is 14.7 Å². The third kappa shape index (κ3) is 6.10. The minimum absolute atomic E-state index is 0.0728.